The first-order valence-corrected chi connectivity index (χ1v) is 9.06. The third kappa shape index (κ3) is 3.46. The molecule has 134 valence electrons. The van der Waals surface area contributed by atoms with Crippen molar-refractivity contribution in [1.82, 2.24) is 9.29 Å². The Balaban J connectivity index is 1.84. The second-order valence-electron chi connectivity index (χ2n) is 5.55. The summed E-state index contributed by atoms with van der Waals surface area (Å²) < 4.78 is 36.2. The van der Waals surface area contributed by atoms with Crippen molar-refractivity contribution in [2.45, 2.75) is 11.4 Å². The van der Waals surface area contributed by atoms with Crippen LogP contribution in [0, 0.1) is 11.3 Å². The Morgan fingerprint density at radius 2 is 1.96 bits per heavy atom. The van der Waals surface area contributed by atoms with Crippen LogP contribution in [0.4, 0.5) is 5.88 Å². The first-order valence-electron chi connectivity index (χ1n) is 7.62. The minimum Gasteiger partial charge on any atom is -0.467 e. The Kier molecular flexibility index (Phi) is 4.79. The normalized spacial score (nSPS) is 11.5. The fraction of sp³-hybridized carbons (Fsp3) is 0.176. The Bertz CT molecular complexity index is 1030. The largest absolute Gasteiger partial charge is 0.467 e. The van der Waals surface area contributed by atoms with Crippen molar-refractivity contribution in [3.63, 3.8) is 0 Å². The third-order valence-electron chi connectivity index (χ3n) is 3.62. The Morgan fingerprint density at radius 1 is 1.23 bits per heavy atom. The highest BCUT2D eigenvalue weighted by Crippen LogP contribution is 2.27. The van der Waals surface area contributed by atoms with Crippen LogP contribution in [0.15, 0.2) is 56.4 Å². The van der Waals surface area contributed by atoms with Gasteiger partial charge in [-0.1, -0.05) is 0 Å². The maximum absolute atomic E-state index is 12.1. The molecular weight excluding hydrogens is 356 g/mol. The smallest absolute Gasteiger partial charge is 0.242 e. The van der Waals surface area contributed by atoms with Crippen molar-refractivity contribution in [2.24, 2.45) is 0 Å². The molecule has 1 N–H and O–H groups in total. The Morgan fingerprint density at radius 3 is 2.54 bits per heavy atom. The van der Waals surface area contributed by atoms with Crippen LogP contribution in [0.1, 0.15) is 11.5 Å². The summed E-state index contributed by atoms with van der Waals surface area (Å²) in [4.78, 5) is 4.31. The molecule has 0 aliphatic carbocycles. The number of aromatic nitrogens is 1. The van der Waals surface area contributed by atoms with Crippen LogP contribution in [0.25, 0.3) is 11.5 Å². The summed E-state index contributed by atoms with van der Waals surface area (Å²) in [5.74, 6) is 1.13. The Labute approximate surface area is 150 Å². The molecule has 2 aromatic heterocycles. The highest BCUT2D eigenvalue weighted by atomic mass is 32.2. The molecule has 1 aromatic carbocycles. The van der Waals surface area contributed by atoms with Gasteiger partial charge in [0.05, 0.1) is 17.7 Å². The molecule has 9 heteroatoms. The lowest BCUT2D eigenvalue weighted by molar-refractivity contribution is 0.512. The summed E-state index contributed by atoms with van der Waals surface area (Å²) >= 11 is 0. The first-order chi connectivity index (χ1) is 12.4. The van der Waals surface area contributed by atoms with Gasteiger partial charge in [-0.15, -0.1) is 0 Å². The summed E-state index contributed by atoms with van der Waals surface area (Å²) in [5.41, 5.74) is 0.668. The predicted octanol–water partition coefficient (Wildman–Crippen LogP) is 2.67. The van der Waals surface area contributed by atoms with Crippen LogP contribution >= 0.6 is 0 Å². The van der Waals surface area contributed by atoms with E-state index in [0.29, 0.717) is 17.9 Å². The molecule has 0 saturated heterocycles. The molecule has 0 amide bonds. The quantitative estimate of drug-likeness (QED) is 0.708. The molecule has 0 atom stereocenters. The van der Waals surface area contributed by atoms with Crippen LogP contribution in [0.5, 0.6) is 0 Å². The fourth-order valence-electron chi connectivity index (χ4n) is 2.20. The van der Waals surface area contributed by atoms with Gasteiger partial charge >= 0.3 is 0 Å². The fourth-order valence-corrected chi connectivity index (χ4v) is 3.10. The van der Waals surface area contributed by atoms with Gasteiger partial charge in [-0.3, -0.25) is 0 Å². The van der Waals surface area contributed by atoms with E-state index in [2.05, 4.69) is 10.3 Å². The molecule has 0 saturated carbocycles. The second kappa shape index (κ2) is 7.03. The number of hydrogen-bond acceptors (Lipinski definition) is 7. The summed E-state index contributed by atoms with van der Waals surface area (Å²) in [6.45, 7) is 0.344. The number of benzene rings is 1. The van der Waals surface area contributed by atoms with E-state index in [1.807, 2.05) is 6.07 Å². The monoisotopic (exact) mass is 372 g/mol. The van der Waals surface area contributed by atoms with Crippen LogP contribution in [0.2, 0.25) is 0 Å². The van der Waals surface area contributed by atoms with Crippen molar-refractivity contribution < 1.29 is 17.3 Å². The van der Waals surface area contributed by atoms with Crippen molar-refractivity contribution in [3.05, 3.63) is 54.1 Å². The zero-order valence-corrected chi connectivity index (χ0v) is 14.9. The molecule has 0 spiro atoms. The molecule has 3 rings (SSSR count). The van der Waals surface area contributed by atoms with E-state index < -0.39 is 10.0 Å². The zero-order valence-electron chi connectivity index (χ0n) is 14.1. The third-order valence-corrected chi connectivity index (χ3v) is 5.45. The van der Waals surface area contributed by atoms with Gasteiger partial charge in [0.25, 0.3) is 0 Å². The van der Waals surface area contributed by atoms with Crippen molar-refractivity contribution in [2.75, 3.05) is 19.4 Å². The number of nitrogens with one attached hydrogen (secondary N) is 1. The summed E-state index contributed by atoms with van der Waals surface area (Å²) in [5, 5.41) is 12.2. The molecule has 0 aliphatic rings. The lowest BCUT2D eigenvalue weighted by Crippen LogP contribution is -2.22. The van der Waals surface area contributed by atoms with Gasteiger partial charge < -0.3 is 14.2 Å². The highest BCUT2D eigenvalue weighted by Gasteiger charge is 2.19. The molecule has 2 heterocycles. The van der Waals surface area contributed by atoms with Crippen LogP contribution in [-0.2, 0) is 16.6 Å². The van der Waals surface area contributed by atoms with E-state index in [0.717, 1.165) is 4.31 Å². The molecule has 26 heavy (non-hydrogen) atoms. The predicted molar refractivity (Wildman–Crippen MR) is 93.6 cm³/mol. The molecule has 0 unspecified atom stereocenters. The molecule has 0 bridgehead atoms. The standard InChI is InChI=1S/C17H16N4O4S/c1-21(2)26(22,23)14-7-5-12(6-8-14)16-20-15(10-18)17(25-16)19-11-13-4-3-9-24-13/h3-9,19H,11H2,1-2H3. The number of anilines is 1. The number of nitriles is 1. The van der Waals surface area contributed by atoms with Crippen molar-refractivity contribution >= 4 is 15.9 Å². The van der Waals surface area contributed by atoms with Crippen molar-refractivity contribution in [3.8, 4) is 17.5 Å². The SMILES string of the molecule is CN(C)S(=O)(=O)c1ccc(-c2nc(C#N)c(NCc3ccco3)o2)cc1. The number of nitrogens with zero attached hydrogens (tertiary/aromatic N) is 3. The maximum atomic E-state index is 12.1. The summed E-state index contributed by atoms with van der Waals surface area (Å²) in [6, 6.07) is 11.6. The average molecular weight is 372 g/mol. The van der Waals surface area contributed by atoms with E-state index >= 15 is 0 Å². The van der Waals surface area contributed by atoms with Crippen LogP contribution < -0.4 is 5.32 Å². The zero-order chi connectivity index (χ0) is 18.7. The van der Waals surface area contributed by atoms with E-state index in [1.54, 1.807) is 30.5 Å². The molecule has 0 aliphatic heterocycles. The second-order valence-corrected chi connectivity index (χ2v) is 7.71. The summed E-state index contributed by atoms with van der Waals surface area (Å²) in [7, 11) is -0.578. The van der Waals surface area contributed by atoms with Gasteiger partial charge in [0.15, 0.2) is 0 Å². The number of hydrogen-bond donors (Lipinski definition) is 1. The Hall–Kier alpha value is -3.09. The first kappa shape index (κ1) is 17.7. The molecule has 0 fully saturated rings. The maximum Gasteiger partial charge on any atom is 0.242 e. The topological polar surface area (TPSA) is 112 Å². The van der Waals surface area contributed by atoms with Gasteiger partial charge in [-0.25, -0.2) is 12.7 Å². The van der Waals surface area contributed by atoms with Gasteiger partial charge in [0.1, 0.15) is 11.8 Å². The summed E-state index contributed by atoms with van der Waals surface area (Å²) in [6.07, 6.45) is 1.55. The van der Waals surface area contributed by atoms with Gasteiger partial charge in [0, 0.05) is 19.7 Å². The van der Waals surface area contributed by atoms with Gasteiger partial charge in [-0.05, 0) is 36.4 Å². The minimum absolute atomic E-state index is 0.108. The van der Waals surface area contributed by atoms with Crippen LogP contribution in [-0.4, -0.2) is 31.8 Å². The van der Waals surface area contributed by atoms with E-state index in [4.69, 9.17) is 8.83 Å². The van der Waals surface area contributed by atoms with Gasteiger partial charge in [0.2, 0.25) is 27.5 Å². The van der Waals surface area contributed by atoms with Crippen molar-refractivity contribution in [1.29, 1.82) is 5.26 Å². The molecule has 0 radical (unpaired) electrons. The minimum atomic E-state index is -3.51. The van der Waals surface area contributed by atoms with E-state index in [-0.39, 0.29) is 22.4 Å². The highest BCUT2D eigenvalue weighted by molar-refractivity contribution is 7.89. The average Bonchev–Trinajstić information content (AvgIpc) is 3.29. The van der Waals surface area contributed by atoms with Gasteiger partial charge in [-0.2, -0.15) is 10.2 Å². The van der Waals surface area contributed by atoms with Crippen LogP contribution in [0.3, 0.4) is 0 Å². The lowest BCUT2D eigenvalue weighted by Gasteiger charge is -2.11. The molecule has 3 aromatic rings. The molecular formula is C17H16N4O4S. The number of sulfonamides is 1. The number of rotatable bonds is 6. The van der Waals surface area contributed by atoms with E-state index in [9.17, 15) is 13.7 Å². The lowest BCUT2D eigenvalue weighted by atomic mass is 10.2. The number of furan rings is 1. The van der Waals surface area contributed by atoms with E-state index in [1.165, 1.54) is 26.2 Å². The number of oxazole rings is 1. The molecule has 8 nitrogen and oxygen atoms in total.